The van der Waals surface area contributed by atoms with Crippen LogP contribution < -0.4 is 10.1 Å². The number of benzene rings is 1. The van der Waals surface area contributed by atoms with Crippen molar-refractivity contribution < 1.29 is 19.4 Å². The van der Waals surface area contributed by atoms with Crippen molar-refractivity contribution in [1.29, 1.82) is 0 Å². The second-order valence-corrected chi connectivity index (χ2v) is 7.38. The number of rotatable bonds is 3. The standard InChI is InChI=1S/C23H20N4O2.CH2O2/c1-15-6-8-16(9-7-15)23(10-13-29-19-5-3-11-24-20(19)23)27-22(28)18-14-26-21-17(18)4-2-12-25-21;2-1-3/h2-9,11-12,14H,10,13H2,1H3,(H,25,26)(H,27,28);1H,(H,2,3)/t23-;/m0./s1. The molecule has 0 spiro atoms. The number of carbonyl (C=O) groups is 2. The van der Waals surface area contributed by atoms with Crippen LogP contribution in [-0.4, -0.2) is 39.0 Å². The van der Waals surface area contributed by atoms with Crippen molar-refractivity contribution in [1.82, 2.24) is 20.3 Å². The maximum absolute atomic E-state index is 13.4. The van der Waals surface area contributed by atoms with Crippen LogP contribution in [0.4, 0.5) is 0 Å². The normalized spacial score (nSPS) is 16.8. The zero-order chi connectivity index (χ0) is 22.6. The molecule has 1 aromatic carbocycles. The molecule has 4 heterocycles. The molecule has 3 aromatic heterocycles. The topological polar surface area (TPSA) is 117 Å². The SMILES string of the molecule is Cc1ccc([C@@]2(NC(=O)c3c[nH]c4ncccc34)CCOc3cccnc32)cc1.O=CO. The van der Waals surface area contributed by atoms with Gasteiger partial charge in [-0.15, -0.1) is 0 Å². The van der Waals surface area contributed by atoms with Crippen LogP contribution in [0.15, 0.2) is 67.1 Å². The van der Waals surface area contributed by atoms with E-state index < -0.39 is 5.54 Å². The number of carbonyl (C=O) groups excluding carboxylic acids is 1. The van der Waals surface area contributed by atoms with Crippen molar-refractivity contribution in [2.45, 2.75) is 18.9 Å². The summed E-state index contributed by atoms with van der Waals surface area (Å²) in [5.74, 6) is 0.517. The van der Waals surface area contributed by atoms with Crippen LogP contribution in [0.25, 0.3) is 11.0 Å². The number of hydrogen-bond donors (Lipinski definition) is 3. The number of aryl methyl sites for hydroxylation is 1. The molecule has 162 valence electrons. The van der Waals surface area contributed by atoms with Crippen molar-refractivity contribution in [2.75, 3.05) is 6.61 Å². The van der Waals surface area contributed by atoms with Gasteiger partial charge in [-0.05, 0) is 36.8 Å². The van der Waals surface area contributed by atoms with E-state index in [1.54, 1.807) is 18.6 Å². The summed E-state index contributed by atoms with van der Waals surface area (Å²) in [5.41, 5.74) is 3.34. The fraction of sp³-hybridized carbons (Fsp3) is 0.167. The van der Waals surface area contributed by atoms with Crippen LogP contribution in [0.3, 0.4) is 0 Å². The number of carboxylic acid groups (broad SMARTS) is 1. The van der Waals surface area contributed by atoms with Crippen molar-refractivity contribution in [3.05, 3.63) is 89.5 Å². The van der Waals surface area contributed by atoms with Crippen molar-refractivity contribution in [3.8, 4) is 5.75 Å². The Balaban J connectivity index is 0.000000775. The van der Waals surface area contributed by atoms with E-state index >= 15 is 0 Å². The Morgan fingerprint density at radius 2 is 1.88 bits per heavy atom. The number of nitrogens with one attached hydrogen (secondary N) is 2. The van der Waals surface area contributed by atoms with Crippen LogP contribution in [0, 0.1) is 6.92 Å². The fourth-order valence-corrected chi connectivity index (χ4v) is 3.98. The smallest absolute Gasteiger partial charge is 0.290 e. The van der Waals surface area contributed by atoms with E-state index in [1.807, 2.05) is 31.2 Å². The van der Waals surface area contributed by atoms with E-state index in [1.165, 1.54) is 0 Å². The first-order chi connectivity index (χ1) is 15.6. The molecule has 0 saturated heterocycles. The molecule has 0 unspecified atom stereocenters. The van der Waals surface area contributed by atoms with Gasteiger partial charge in [0.25, 0.3) is 12.4 Å². The zero-order valence-electron chi connectivity index (χ0n) is 17.4. The predicted octanol–water partition coefficient (Wildman–Crippen LogP) is 3.42. The third-order valence-corrected chi connectivity index (χ3v) is 5.48. The summed E-state index contributed by atoms with van der Waals surface area (Å²) < 4.78 is 5.84. The van der Waals surface area contributed by atoms with Gasteiger partial charge in [0.15, 0.2) is 0 Å². The van der Waals surface area contributed by atoms with E-state index in [-0.39, 0.29) is 12.4 Å². The van der Waals surface area contributed by atoms with Crippen molar-refractivity contribution in [3.63, 3.8) is 0 Å². The number of aromatic nitrogens is 3. The van der Waals surface area contributed by atoms with Gasteiger partial charge in [0, 0.05) is 30.4 Å². The second-order valence-electron chi connectivity index (χ2n) is 7.38. The average Bonchev–Trinajstić information content (AvgIpc) is 3.25. The Labute approximate surface area is 184 Å². The molecule has 0 aliphatic carbocycles. The molecule has 0 bridgehead atoms. The molecule has 8 nitrogen and oxygen atoms in total. The Morgan fingerprint density at radius 3 is 2.66 bits per heavy atom. The minimum atomic E-state index is -0.772. The van der Waals surface area contributed by atoms with Gasteiger partial charge < -0.3 is 20.1 Å². The lowest BCUT2D eigenvalue weighted by atomic mass is 9.81. The molecule has 0 fully saturated rings. The number of nitrogens with zero attached hydrogens (tertiary/aromatic N) is 2. The summed E-state index contributed by atoms with van der Waals surface area (Å²) in [6.45, 7) is 2.28. The molecule has 1 amide bonds. The molecular formula is C24H22N4O4. The summed E-state index contributed by atoms with van der Waals surface area (Å²) in [5, 5.41) is 11.0. The number of hydrogen-bond acceptors (Lipinski definition) is 5. The molecule has 8 heteroatoms. The van der Waals surface area contributed by atoms with Gasteiger partial charge in [-0.3, -0.25) is 14.6 Å². The van der Waals surface area contributed by atoms with Gasteiger partial charge in [-0.25, -0.2) is 4.98 Å². The van der Waals surface area contributed by atoms with E-state index in [0.29, 0.717) is 30.0 Å². The fourth-order valence-electron chi connectivity index (χ4n) is 3.98. The quantitative estimate of drug-likeness (QED) is 0.429. The molecule has 32 heavy (non-hydrogen) atoms. The van der Waals surface area contributed by atoms with Crippen molar-refractivity contribution >= 4 is 23.4 Å². The van der Waals surface area contributed by atoms with E-state index in [4.69, 9.17) is 14.6 Å². The minimum Gasteiger partial charge on any atom is -0.491 e. The van der Waals surface area contributed by atoms with Crippen molar-refractivity contribution in [2.24, 2.45) is 0 Å². The second kappa shape index (κ2) is 8.89. The third-order valence-electron chi connectivity index (χ3n) is 5.48. The van der Waals surface area contributed by atoms with Crippen LogP contribution in [0.2, 0.25) is 0 Å². The molecule has 1 aliphatic heterocycles. The van der Waals surface area contributed by atoms with Gasteiger partial charge in [0.1, 0.15) is 22.6 Å². The number of aromatic amines is 1. The largest absolute Gasteiger partial charge is 0.491 e. The lowest BCUT2D eigenvalue weighted by Crippen LogP contribution is -2.50. The highest BCUT2D eigenvalue weighted by Gasteiger charge is 2.42. The molecule has 1 aliphatic rings. The first-order valence-corrected chi connectivity index (χ1v) is 10.1. The number of amides is 1. The molecule has 1 atom stereocenters. The van der Waals surface area contributed by atoms with E-state index in [0.717, 1.165) is 22.2 Å². The summed E-state index contributed by atoms with van der Waals surface area (Å²) >= 11 is 0. The van der Waals surface area contributed by atoms with Gasteiger partial charge >= 0.3 is 0 Å². The molecule has 0 saturated carbocycles. The first-order valence-electron chi connectivity index (χ1n) is 10.1. The lowest BCUT2D eigenvalue weighted by molar-refractivity contribution is -0.122. The highest BCUT2D eigenvalue weighted by atomic mass is 16.5. The van der Waals surface area contributed by atoms with Crippen LogP contribution >= 0.6 is 0 Å². The lowest BCUT2D eigenvalue weighted by Gasteiger charge is -2.39. The van der Waals surface area contributed by atoms with Crippen LogP contribution in [0.1, 0.15) is 33.6 Å². The Hall–Kier alpha value is -4.20. The number of pyridine rings is 2. The van der Waals surface area contributed by atoms with Gasteiger partial charge in [0.05, 0.1) is 12.2 Å². The predicted molar refractivity (Wildman–Crippen MR) is 119 cm³/mol. The van der Waals surface area contributed by atoms with Gasteiger partial charge in [-0.2, -0.15) is 0 Å². The Bertz CT molecular complexity index is 1250. The zero-order valence-corrected chi connectivity index (χ0v) is 17.4. The summed E-state index contributed by atoms with van der Waals surface area (Å²) in [7, 11) is 0. The molecular weight excluding hydrogens is 408 g/mol. The number of fused-ring (bicyclic) bond motifs is 2. The summed E-state index contributed by atoms with van der Waals surface area (Å²) in [4.78, 5) is 33.7. The minimum absolute atomic E-state index is 0.177. The highest BCUT2D eigenvalue weighted by molar-refractivity contribution is 6.06. The van der Waals surface area contributed by atoms with Gasteiger partial charge in [-0.1, -0.05) is 29.8 Å². The molecule has 4 aromatic rings. The van der Waals surface area contributed by atoms with E-state index in [9.17, 15) is 4.79 Å². The molecule has 5 rings (SSSR count). The van der Waals surface area contributed by atoms with Crippen LogP contribution in [0.5, 0.6) is 5.75 Å². The maximum Gasteiger partial charge on any atom is 0.290 e. The van der Waals surface area contributed by atoms with E-state index in [2.05, 4.69) is 44.5 Å². The molecule has 3 N–H and O–H groups in total. The Kier molecular flexibility index (Phi) is 5.85. The number of ether oxygens (including phenoxy) is 1. The Morgan fingerprint density at radius 1 is 1.16 bits per heavy atom. The number of H-pyrrole nitrogens is 1. The highest BCUT2D eigenvalue weighted by Crippen LogP contribution is 2.40. The van der Waals surface area contributed by atoms with Crippen LogP contribution in [-0.2, 0) is 10.3 Å². The average molecular weight is 430 g/mol. The first kappa shape index (κ1) is 21.0. The summed E-state index contributed by atoms with van der Waals surface area (Å²) in [6, 6.07) is 15.7. The van der Waals surface area contributed by atoms with Gasteiger partial charge in [0.2, 0.25) is 0 Å². The monoisotopic (exact) mass is 430 g/mol. The third kappa shape index (κ3) is 3.78. The molecule has 0 radical (unpaired) electrons. The maximum atomic E-state index is 13.4. The summed E-state index contributed by atoms with van der Waals surface area (Å²) in [6.07, 6.45) is 5.73.